The number of fused-ring (bicyclic) bond motifs is 1. The summed E-state index contributed by atoms with van der Waals surface area (Å²) in [6.07, 6.45) is 12.5. The third-order valence-corrected chi connectivity index (χ3v) is 14.4. The van der Waals surface area contributed by atoms with Crippen molar-refractivity contribution in [1.82, 2.24) is 0 Å². The van der Waals surface area contributed by atoms with Crippen molar-refractivity contribution in [3.63, 3.8) is 0 Å². The molecule has 2 nitrogen and oxygen atoms in total. The van der Waals surface area contributed by atoms with Crippen LogP contribution in [0, 0.1) is 23.2 Å². The van der Waals surface area contributed by atoms with Crippen molar-refractivity contribution in [2.75, 3.05) is 6.61 Å². The molecule has 0 aliphatic heterocycles. The summed E-state index contributed by atoms with van der Waals surface area (Å²) >= 11 is 2.47. The zero-order chi connectivity index (χ0) is 22.4. The predicted molar refractivity (Wildman–Crippen MR) is 140 cm³/mol. The highest BCUT2D eigenvalue weighted by Gasteiger charge is 2.51. The second-order valence-corrected chi connectivity index (χ2v) is 17.7. The van der Waals surface area contributed by atoms with E-state index >= 15 is 0 Å². The van der Waals surface area contributed by atoms with Gasteiger partial charge >= 0.3 is 0 Å². The standard InChI is InChI=1S/C26H45IO2Si/c1-19(22-11-12-23-20(17-27)10-9-14-26(22,23)6)18-28-21-13-15-25(5,16-21)29-30(7,8)24(2,3)4/h13,15,17,19,21-23H,9-12,14,16,18H2,1-8H3/t19-,21+,22+,23?,25+,26+/m0/s1. The molecule has 0 spiro atoms. The minimum atomic E-state index is -1.79. The Balaban J connectivity index is 1.55. The van der Waals surface area contributed by atoms with Crippen molar-refractivity contribution in [3.05, 3.63) is 21.8 Å². The van der Waals surface area contributed by atoms with Crippen LogP contribution in [0.4, 0.5) is 0 Å². The van der Waals surface area contributed by atoms with Gasteiger partial charge in [0.05, 0.1) is 18.3 Å². The van der Waals surface area contributed by atoms with Crippen LogP contribution in [0.2, 0.25) is 18.1 Å². The maximum Gasteiger partial charge on any atom is 0.193 e. The molecule has 0 aromatic heterocycles. The maximum absolute atomic E-state index is 6.76. The smallest absolute Gasteiger partial charge is 0.193 e. The Morgan fingerprint density at radius 1 is 1.27 bits per heavy atom. The summed E-state index contributed by atoms with van der Waals surface area (Å²) in [5.74, 6) is 2.22. The van der Waals surface area contributed by atoms with Gasteiger partial charge in [0.2, 0.25) is 0 Å². The lowest BCUT2D eigenvalue weighted by Gasteiger charge is -2.44. The lowest BCUT2D eigenvalue weighted by Crippen LogP contribution is -2.47. The highest BCUT2D eigenvalue weighted by molar-refractivity contribution is 14.1. The summed E-state index contributed by atoms with van der Waals surface area (Å²) in [4.78, 5) is 0. The molecular weight excluding hydrogens is 499 g/mol. The van der Waals surface area contributed by atoms with Gasteiger partial charge in [0.1, 0.15) is 0 Å². The first-order valence-electron chi connectivity index (χ1n) is 12.1. The molecule has 30 heavy (non-hydrogen) atoms. The highest BCUT2D eigenvalue weighted by atomic mass is 127. The number of halogens is 1. The Hall–Kier alpha value is 0.347. The average molecular weight is 545 g/mol. The molecule has 1 unspecified atom stereocenters. The molecular formula is C26H45IO2Si. The van der Waals surface area contributed by atoms with Crippen LogP contribution in [0.5, 0.6) is 0 Å². The number of hydrogen-bond acceptors (Lipinski definition) is 2. The summed E-state index contributed by atoms with van der Waals surface area (Å²) in [5.41, 5.74) is 2.02. The first kappa shape index (κ1) is 25.0. The van der Waals surface area contributed by atoms with Crippen LogP contribution in [0.3, 0.4) is 0 Å². The van der Waals surface area contributed by atoms with Gasteiger partial charge in [-0.25, -0.2) is 0 Å². The van der Waals surface area contributed by atoms with E-state index in [1.165, 1.54) is 32.1 Å². The van der Waals surface area contributed by atoms with Crippen LogP contribution in [-0.2, 0) is 9.16 Å². The topological polar surface area (TPSA) is 18.5 Å². The van der Waals surface area contributed by atoms with E-state index in [2.05, 4.69) is 93.5 Å². The summed E-state index contributed by atoms with van der Waals surface area (Å²) in [6.45, 7) is 19.8. The van der Waals surface area contributed by atoms with Crippen molar-refractivity contribution >= 4 is 30.9 Å². The Labute approximate surface area is 200 Å². The van der Waals surface area contributed by atoms with E-state index in [9.17, 15) is 0 Å². The molecule has 0 aromatic rings. The van der Waals surface area contributed by atoms with Gasteiger partial charge in [0.25, 0.3) is 0 Å². The third kappa shape index (κ3) is 4.96. The number of hydrogen-bond donors (Lipinski definition) is 0. The highest BCUT2D eigenvalue weighted by Crippen LogP contribution is 2.59. The first-order chi connectivity index (χ1) is 13.8. The van der Waals surface area contributed by atoms with Crippen molar-refractivity contribution in [2.45, 2.75) is 110 Å². The van der Waals surface area contributed by atoms with Crippen molar-refractivity contribution in [2.24, 2.45) is 23.2 Å². The average Bonchev–Trinajstić information content (AvgIpc) is 3.17. The fraction of sp³-hybridized carbons (Fsp3) is 0.846. The van der Waals surface area contributed by atoms with E-state index < -0.39 is 8.32 Å². The molecule has 2 saturated carbocycles. The second-order valence-electron chi connectivity index (χ2n) is 12.4. The lowest BCUT2D eigenvalue weighted by atomic mass is 9.61. The van der Waals surface area contributed by atoms with Crippen LogP contribution in [0.1, 0.15) is 80.1 Å². The fourth-order valence-electron chi connectivity index (χ4n) is 6.31. The molecule has 0 bridgehead atoms. The number of ether oxygens (including phenoxy) is 1. The maximum atomic E-state index is 6.76. The summed E-state index contributed by atoms with van der Waals surface area (Å²) in [7, 11) is -1.79. The third-order valence-electron chi connectivity index (χ3n) is 9.00. The number of rotatable bonds is 6. The molecule has 4 heteroatoms. The van der Waals surface area contributed by atoms with E-state index in [4.69, 9.17) is 9.16 Å². The molecule has 3 aliphatic rings. The van der Waals surface area contributed by atoms with Crippen LogP contribution in [0.25, 0.3) is 0 Å². The van der Waals surface area contributed by atoms with Gasteiger partial charge in [0.15, 0.2) is 8.32 Å². The van der Waals surface area contributed by atoms with Gasteiger partial charge in [-0.05, 0) is 84.4 Å². The van der Waals surface area contributed by atoms with Gasteiger partial charge in [-0.2, -0.15) is 0 Å². The van der Waals surface area contributed by atoms with Gasteiger partial charge < -0.3 is 9.16 Å². The van der Waals surface area contributed by atoms with E-state index in [0.29, 0.717) is 11.3 Å². The van der Waals surface area contributed by atoms with E-state index in [0.717, 1.165) is 24.9 Å². The second kappa shape index (κ2) is 8.94. The first-order valence-corrected chi connectivity index (χ1v) is 16.3. The normalized spacial score (nSPS) is 39.5. The Morgan fingerprint density at radius 3 is 2.60 bits per heavy atom. The minimum Gasteiger partial charge on any atom is -0.408 e. The van der Waals surface area contributed by atoms with E-state index in [1.54, 1.807) is 5.57 Å². The molecule has 0 saturated heterocycles. The van der Waals surface area contributed by atoms with Gasteiger partial charge in [0, 0.05) is 6.42 Å². The molecule has 0 amide bonds. The molecule has 3 aliphatic carbocycles. The van der Waals surface area contributed by atoms with Crippen molar-refractivity contribution in [1.29, 1.82) is 0 Å². The summed E-state index contributed by atoms with van der Waals surface area (Å²) in [6, 6.07) is 0. The van der Waals surface area contributed by atoms with Gasteiger partial charge in [-0.3, -0.25) is 0 Å². The number of allylic oxidation sites excluding steroid dienone is 1. The largest absolute Gasteiger partial charge is 0.408 e. The zero-order valence-corrected chi connectivity index (χ0v) is 23.8. The van der Waals surface area contributed by atoms with Crippen LogP contribution in [0.15, 0.2) is 21.8 Å². The van der Waals surface area contributed by atoms with E-state index in [-0.39, 0.29) is 16.7 Å². The Morgan fingerprint density at radius 2 is 1.97 bits per heavy atom. The molecule has 172 valence electrons. The quantitative estimate of drug-likeness (QED) is 0.190. The fourth-order valence-corrected chi connectivity index (χ4v) is 8.68. The minimum absolute atomic E-state index is 0.176. The van der Waals surface area contributed by atoms with Crippen molar-refractivity contribution < 1.29 is 9.16 Å². The molecule has 0 radical (unpaired) electrons. The van der Waals surface area contributed by atoms with Crippen molar-refractivity contribution in [3.8, 4) is 0 Å². The lowest BCUT2D eigenvalue weighted by molar-refractivity contribution is -0.00554. The molecule has 2 fully saturated rings. The van der Waals surface area contributed by atoms with Crippen LogP contribution >= 0.6 is 22.6 Å². The van der Waals surface area contributed by atoms with Crippen LogP contribution in [-0.4, -0.2) is 26.6 Å². The monoisotopic (exact) mass is 544 g/mol. The molecule has 3 rings (SSSR count). The molecule has 0 heterocycles. The van der Waals surface area contributed by atoms with Gasteiger partial charge in [-0.1, -0.05) is 74.9 Å². The molecule has 6 atom stereocenters. The van der Waals surface area contributed by atoms with Gasteiger partial charge in [-0.15, -0.1) is 0 Å². The Kier molecular flexibility index (Phi) is 7.45. The Bertz CT molecular complexity index is 679. The van der Waals surface area contributed by atoms with Crippen LogP contribution < -0.4 is 0 Å². The SMILES string of the molecule is C[C@@H](CO[C@@H]1C=C[C@@](C)(O[Si](C)(C)C(C)(C)C)C1)[C@H]1CCC2C(=CI)CCC[C@@]21C. The molecule has 0 N–H and O–H groups in total. The zero-order valence-electron chi connectivity index (χ0n) is 20.7. The molecule has 0 aromatic carbocycles. The van der Waals surface area contributed by atoms with E-state index in [1.807, 2.05) is 0 Å². The summed E-state index contributed by atoms with van der Waals surface area (Å²) in [5, 5.41) is 0.233. The summed E-state index contributed by atoms with van der Waals surface area (Å²) < 4.78 is 15.6. The predicted octanol–water partition coefficient (Wildman–Crippen LogP) is 8.28.